The van der Waals surface area contributed by atoms with Gasteiger partial charge in [-0.1, -0.05) is 6.42 Å². The Balaban J connectivity index is 0.00000225. The van der Waals surface area contributed by atoms with Crippen LogP contribution in [0.3, 0.4) is 0 Å². The van der Waals surface area contributed by atoms with Gasteiger partial charge in [0.2, 0.25) is 5.91 Å². The molecule has 1 amide bonds. The lowest BCUT2D eigenvalue weighted by Gasteiger charge is -2.43. The van der Waals surface area contributed by atoms with Crippen molar-refractivity contribution >= 4 is 24.0 Å². The number of amides is 1. The Hall–Kier alpha value is -2.18. The van der Waals surface area contributed by atoms with E-state index in [4.69, 9.17) is 10.5 Å². The van der Waals surface area contributed by atoms with Gasteiger partial charge < -0.3 is 15.8 Å². The number of halogens is 1. The van der Waals surface area contributed by atoms with Crippen LogP contribution in [0.2, 0.25) is 0 Å². The lowest BCUT2D eigenvalue weighted by molar-refractivity contribution is -0.122. The second-order valence-electron chi connectivity index (χ2n) is 7.79. The van der Waals surface area contributed by atoms with E-state index in [1.807, 2.05) is 37.3 Å². The summed E-state index contributed by atoms with van der Waals surface area (Å²) in [5, 5.41) is 3.05. The van der Waals surface area contributed by atoms with Gasteiger partial charge in [0.25, 0.3) is 0 Å². The number of aromatic nitrogens is 2. The maximum atomic E-state index is 12.7. The van der Waals surface area contributed by atoms with Gasteiger partial charge in [0.1, 0.15) is 5.75 Å². The number of nitrogens with zero attached hydrogens (tertiary/aromatic N) is 2. The van der Waals surface area contributed by atoms with Crippen LogP contribution in [0.4, 0.5) is 5.69 Å². The van der Waals surface area contributed by atoms with Gasteiger partial charge in [-0.05, 0) is 74.8 Å². The molecule has 2 unspecified atom stereocenters. The van der Waals surface area contributed by atoms with Crippen molar-refractivity contribution in [1.29, 1.82) is 0 Å². The van der Waals surface area contributed by atoms with Crippen molar-refractivity contribution in [3.05, 3.63) is 42.2 Å². The van der Waals surface area contributed by atoms with E-state index >= 15 is 0 Å². The molecule has 2 aromatic rings. The number of carbonyl (C=O) groups excluding carboxylic acids is 1. The highest BCUT2D eigenvalue weighted by atomic mass is 35.5. The number of benzene rings is 1. The molecule has 28 heavy (non-hydrogen) atoms. The van der Waals surface area contributed by atoms with E-state index in [-0.39, 0.29) is 30.3 Å². The van der Waals surface area contributed by atoms with Crippen molar-refractivity contribution in [2.45, 2.75) is 45.1 Å². The molecule has 4 rings (SSSR count). The molecule has 2 fully saturated rings. The summed E-state index contributed by atoms with van der Waals surface area (Å²) in [4.78, 5) is 21.0. The summed E-state index contributed by atoms with van der Waals surface area (Å²) < 4.78 is 5.65. The number of carbonyl (C=O) groups is 1. The summed E-state index contributed by atoms with van der Waals surface area (Å²) in [6.45, 7) is 1.89. The predicted molar refractivity (Wildman–Crippen MR) is 111 cm³/mol. The number of hydrogen-bond acceptors (Lipinski definition) is 5. The first-order valence-electron chi connectivity index (χ1n) is 9.72. The van der Waals surface area contributed by atoms with Crippen LogP contribution < -0.4 is 15.8 Å². The highest BCUT2D eigenvalue weighted by Gasteiger charge is 2.40. The molecule has 1 aromatic heterocycles. The number of anilines is 1. The van der Waals surface area contributed by atoms with E-state index in [0.29, 0.717) is 23.6 Å². The van der Waals surface area contributed by atoms with Gasteiger partial charge in [-0.25, -0.2) is 9.97 Å². The molecule has 2 bridgehead atoms. The van der Waals surface area contributed by atoms with E-state index < -0.39 is 0 Å². The Morgan fingerprint density at radius 2 is 1.82 bits per heavy atom. The third kappa shape index (κ3) is 4.62. The minimum absolute atomic E-state index is 0. The summed E-state index contributed by atoms with van der Waals surface area (Å²) in [6.07, 6.45) is 7.06. The van der Waals surface area contributed by atoms with Gasteiger partial charge in [-0.3, -0.25) is 4.79 Å². The summed E-state index contributed by atoms with van der Waals surface area (Å²) in [6, 6.07) is 9.73. The largest absolute Gasteiger partial charge is 0.424 e. The normalized spacial score (nSPS) is 26.1. The number of rotatable bonds is 4. The van der Waals surface area contributed by atoms with Crippen molar-refractivity contribution in [3.8, 4) is 11.8 Å². The lowest BCUT2D eigenvalue weighted by atomic mass is 9.65. The third-order valence-corrected chi connectivity index (χ3v) is 5.89. The topological polar surface area (TPSA) is 90.1 Å². The molecule has 150 valence electrons. The molecule has 6 nitrogen and oxygen atoms in total. The molecule has 1 heterocycles. The van der Waals surface area contributed by atoms with Gasteiger partial charge in [-0.15, -0.1) is 12.4 Å². The lowest BCUT2D eigenvalue weighted by Crippen LogP contribution is -2.48. The van der Waals surface area contributed by atoms with Crippen LogP contribution in [-0.2, 0) is 4.79 Å². The van der Waals surface area contributed by atoms with Crippen LogP contribution in [0.25, 0.3) is 0 Å². The number of fused-ring (bicyclic) bond motifs is 2. The zero-order chi connectivity index (χ0) is 18.8. The fraction of sp³-hybridized carbons (Fsp3) is 0.476. The zero-order valence-corrected chi connectivity index (χ0v) is 16.8. The molecule has 3 N–H and O–H groups in total. The highest BCUT2D eigenvalue weighted by Crippen LogP contribution is 2.42. The van der Waals surface area contributed by atoms with E-state index in [2.05, 4.69) is 15.3 Å². The number of ether oxygens (including phenoxy) is 1. The standard InChI is InChI=1S/C21H26N4O2.ClH/c1-13-9-10-23-21(24-13)27-18-7-5-17(6-8-18)25-20(26)16-11-14-3-2-4-15(12-16)19(14)22;/h5-10,14-16,19H,2-4,11-12,22H2,1H3,(H,25,26);1H. The number of nitrogens with two attached hydrogens (primary N) is 1. The van der Waals surface area contributed by atoms with E-state index in [1.54, 1.807) is 6.20 Å². The number of hydrogen-bond donors (Lipinski definition) is 2. The van der Waals surface area contributed by atoms with Crippen LogP contribution >= 0.6 is 12.4 Å². The van der Waals surface area contributed by atoms with Crippen LogP contribution in [0.15, 0.2) is 36.5 Å². The van der Waals surface area contributed by atoms with Gasteiger partial charge in [-0.2, -0.15) is 0 Å². The minimum Gasteiger partial charge on any atom is -0.424 e. The zero-order valence-electron chi connectivity index (χ0n) is 16.0. The molecule has 0 aliphatic heterocycles. The summed E-state index contributed by atoms with van der Waals surface area (Å²) in [7, 11) is 0. The molecule has 2 aliphatic carbocycles. The van der Waals surface area contributed by atoms with Crippen molar-refractivity contribution in [3.63, 3.8) is 0 Å². The van der Waals surface area contributed by atoms with E-state index in [1.165, 1.54) is 6.42 Å². The summed E-state index contributed by atoms with van der Waals surface area (Å²) in [5.74, 6) is 1.81. The monoisotopic (exact) mass is 402 g/mol. The molecule has 0 spiro atoms. The second-order valence-corrected chi connectivity index (χ2v) is 7.79. The molecule has 1 aromatic carbocycles. The number of nitrogens with one attached hydrogen (secondary N) is 1. The highest BCUT2D eigenvalue weighted by molar-refractivity contribution is 5.92. The molecule has 0 saturated heterocycles. The average molecular weight is 403 g/mol. The molecule has 7 heteroatoms. The fourth-order valence-electron chi connectivity index (χ4n) is 4.43. The molecule has 2 atom stereocenters. The van der Waals surface area contributed by atoms with Crippen LogP contribution in [0, 0.1) is 24.7 Å². The Labute approximate surface area is 171 Å². The molecule has 2 aliphatic rings. The molecule has 0 radical (unpaired) electrons. The fourth-order valence-corrected chi connectivity index (χ4v) is 4.43. The van der Waals surface area contributed by atoms with Gasteiger partial charge >= 0.3 is 6.01 Å². The Kier molecular flexibility index (Phi) is 6.52. The average Bonchev–Trinajstić information content (AvgIpc) is 2.63. The van der Waals surface area contributed by atoms with E-state index in [0.717, 1.165) is 37.1 Å². The van der Waals surface area contributed by atoms with Crippen molar-refractivity contribution in [2.24, 2.45) is 23.5 Å². The van der Waals surface area contributed by atoms with Crippen LogP contribution in [0.5, 0.6) is 11.8 Å². The van der Waals surface area contributed by atoms with Crippen molar-refractivity contribution < 1.29 is 9.53 Å². The van der Waals surface area contributed by atoms with Gasteiger partial charge in [0.05, 0.1) is 0 Å². The summed E-state index contributed by atoms with van der Waals surface area (Å²) in [5.41, 5.74) is 7.96. The Morgan fingerprint density at radius 3 is 2.46 bits per heavy atom. The molecule has 2 saturated carbocycles. The molecular weight excluding hydrogens is 376 g/mol. The number of aryl methyl sites for hydroxylation is 1. The second kappa shape index (κ2) is 8.88. The predicted octanol–water partition coefficient (Wildman–Crippen LogP) is 4.09. The Morgan fingerprint density at radius 1 is 1.14 bits per heavy atom. The first-order valence-corrected chi connectivity index (χ1v) is 9.72. The maximum Gasteiger partial charge on any atom is 0.322 e. The smallest absolute Gasteiger partial charge is 0.322 e. The maximum absolute atomic E-state index is 12.7. The quantitative estimate of drug-likeness (QED) is 0.803. The minimum atomic E-state index is 0. The Bertz CT molecular complexity index is 800. The van der Waals surface area contributed by atoms with Gasteiger partial charge in [0.15, 0.2) is 0 Å². The van der Waals surface area contributed by atoms with Crippen LogP contribution in [0.1, 0.15) is 37.8 Å². The van der Waals surface area contributed by atoms with Crippen LogP contribution in [-0.4, -0.2) is 21.9 Å². The van der Waals surface area contributed by atoms with Crippen molar-refractivity contribution in [2.75, 3.05) is 5.32 Å². The first kappa shape index (κ1) is 20.6. The van der Waals surface area contributed by atoms with Gasteiger partial charge in [0, 0.05) is 29.5 Å². The summed E-state index contributed by atoms with van der Waals surface area (Å²) >= 11 is 0. The third-order valence-electron chi connectivity index (χ3n) is 5.89. The van der Waals surface area contributed by atoms with E-state index in [9.17, 15) is 4.79 Å². The SMILES string of the molecule is Cc1ccnc(Oc2ccc(NC(=O)C3CC4CCCC(C3)C4N)cc2)n1.Cl. The van der Waals surface area contributed by atoms with Crippen molar-refractivity contribution in [1.82, 2.24) is 9.97 Å². The first-order chi connectivity index (χ1) is 13.1. The molecular formula is C21H27ClN4O2.